The van der Waals surface area contributed by atoms with Crippen LogP contribution in [0.15, 0.2) is 24.3 Å². The monoisotopic (exact) mass is 249 g/mol. The summed E-state index contributed by atoms with van der Waals surface area (Å²) in [4.78, 5) is 19.3. The van der Waals surface area contributed by atoms with Gasteiger partial charge in [0.1, 0.15) is 7.49 Å². The number of hydrogen-bond acceptors (Lipinski definition) is 2. The van der Waals surface area contributed by atoms with Gasteiger partial charge < -0.3 is 4.89 Å². The van der Waals surface area contributed by atoms with Gasteiger partial charge in [0.15, 0.2) is 0 Å². The molecule has 0 radical (unpaired) electrons. The molecule has 15 heavy (non-hydrogen) atoms. The number of hydrogen-bond donors (Lipinski definition) is 2. The lowest BCUT2D eigenvalue weighted by molar-refractivity contribution is 0.593. The Hall–Kier alpha value is 0.260. The fourth-order valence-corrected chi connectivity index (χ4v) is 3.25. The van der Waals surface area contributed by atoms with Crippen LogP contribution in [0.4, 0.5) is 0 Å². The van der Waals surface area contributed by atoms with Gasteiger partial charge in [-0.1, -0.05) is 24.3 Å². The van der Waals surface area contributed by atoms with Crippen LogP contribution in [-0.2, 0) is 0 Å². The summed E-state index contributed by atoms with van der Waals surface area (Å²) >= 11 is 0. The van der Waals surface area contributed by atoms with Gasteiger partial charge in [-0.25, -0.2) is 0 Å². The average molecular weight is 249 g/mol. The van der Waals surface area contributed by atoms with E-state index >= 15 is 0 Å². The molecule has 1 unspecified atom stereocenters. The van der Waals surface area contributed by atoms with E-state index in [1.54, 1.807) is 0 Å². The molecule has 0 heterocycles. The summed E-state index contributed by atoms with van der Waals surface area (Å²) in [6, 6.07) is 0. The van der Waals surface area contributed by atoms with Crippen molar-refractivity contribution < 1.29 is 9.79 Å². The third kappa shape index (κ3) is 6.43. The molecular weight excluding hydrogens is 226 g/mol. The molecule has 0 amide bonds. The molecule has 0 aromatic rings. The van der Waals surface area contributed by atoms with Crippen LogP contribution in [0.5, 0.6) is 0 Å². The van der Waals surface area contributed by atoms with E-state index in [1.807, 2.05) is 51.5 Å². The molecule has 0 fully saturated rings. The fraction of sp³-hybridized carbons (Fsp3) is 0.636. The van der Waals surface area contributed by atoms with Crippen molar-refractivity contribution in [1.29, 1.82) is 0 Å². The van der Waals surface area contributed by atoms with Crippen LogP contribution in [0.25, 0.3) is 0 Å². The molecule has 0 aliphatic rings. The van der Waals surface area contributed by atoms with Crippen molar-refractivity contribution >= 4 is 16.3 Å². The van der Waals surface area contributed by atoms with Gasteiger partial charge in [-0.15, -0.1) is 0 Å². The molecule has 0 bridgehead atoms. The topological polar surface area (TPSA) is 40.5 Å². The van der Waals surface area contributed by atoms with Crippen LogP contribution in [0.3, 0.4) is 0 Å². The van der Waals surface area contributed by atoms with Crippen molar-refractivity contribution in [2.45, 2.75) is 25.4 Å². The minimum Gasteiger partial charge on any atom is -0.376 e. The lowest BCUT2D eigenvalue weighted by Crippen LogP contribution is -2.19. The normalized spacial score (nSPS) is 18.3. The van der Waals surface area contributed by atoms with Crippen LogP contribution < -0.4 is 0 Å². The van der Waals surface area contributed by atoms with Gasteiger partial charge in [0.2, 0.25) is 0 Å². The first-order valence-corrected chi connectivity index (χ1v) is 8.91. The van der Waals surface area contributed by atoms with Crippen LogP contribution in [0, 0.1) is 0 Å². The van der Waals surface area contributed by atoms with Crippen molar-refractivity contribution in [3.63, 3.8) is 0 Å². The van der Waals surface area contributed by atoms with E-state index in [0.717, 1.165) is 12.6 Å². The van der Waals surface area contributed by atoms with Gasteiger partial charge in [-0.05, 0) is 13.8 Å². The van der Waals surface area contributed by atoms with Crippen molar-refractivity contribution in [2.24, 2.45) is 0 Å². The molecule has 0 rings (SSSR count). The van der Waals surface area contributed by atoms with E-state index < -0.39 is 7.49 Å². The molecule has 0 aliphatic carbocycles. The summed E-state index contributed by atoms with van der Waals surface area (Å²) in [5, 5.41) is -0.260. The first kappa shape index (κ1) is 15.3. The number of allylic oxidation sites excluding steroid dienone is 4. The predicted octanol–water partition coefficient (Wildman–Crippen LogP) is 3.04. The molecule has 4 heteroatoms. The zero-order valence-electron chi connectivity index (χ0n) is 10.1. The molecule has 0 aromatic heterocycles. The molecule has 2 nitrogen and oxygen atoms in total. The first-order valence-electron chi connectivity index (χ1n) is 5.14. The van der Waals surface area contributed by atoms with E-state index in [1.165, 1.54) is 0 Å². The molecule has 0 saturated heterocycles. The van der Waals surface area contributed by atoms with Crippen molar-refractivity contribution in [3.8, 4) is 0 Å². The summed E-state index contributed by atoms with van der Waals surface area (Å²) in [5.41, 5.74) is 0. The molecule has 88 valence electrons. The van der Waals surface area contributed by atoms with E-state index in [-0.39, 0.29) is 14.0 Å². The maximum atomic E-state index is 9.80. The van der Waals surface area contributed by atoms with E-state index in [2.05, 4.69) is 0 Å². The standard InChI is InChI=1S/C11H23O2P2/c1-5-7-11(14-12,8-6-2)9-10-15(3,4)13/h5-8,12-14H,9-10H2,1-4H3/q+1. The minimum absolute atomic E-state index is 0.148. The SMILES string of the molecule is CC=CC(C=CC)(CC[P+](C)(C)O)PO. The maximum absolute atomic E-state index is 9.80. The largest absolute Gasteiger partial charge is 0.376 e. The van der Waals surface area contributed by atoms with E-state index in [4.69, 9.17) is 0 Å². The average Bonchev–Trinajstić information content (AvgIpc) is 2.14. The quantitative estimate of drug-likeness (QED) is 0.561. The second-order valence-corrected chi connectivity index (χ2v) is 9.09. The lowest BCUT2D eigenvalue weighted by atomic mass is 10.0. The third-order valence-corrected chi connectivity index (χ3v) is 4.53. The Morgan fingerprint density at radius 2 is 1.67 bits per heavy atom. The van der Waals surface area contributed by atoms with Gasteiger partial charge >= 0.3 is 0 Å². The third-order valence-electron chi connectivity index (χ3n) is 2.21. The van der Waals surface area contributed by atoms with Crippen molar-refractivity contribution in [1.82, 2.24) is 0 Å². The summed E-state index contributed by atoms with van der Waals surface area (Å²) in [6.07, 6.45) is 9.59. The highest BCUT2D eigenvalue weighted by atomic mass is 31.2. The van der Waals surface area contributed by atoms with Crippen LogP contribution in [-0.4, -0.2) is 34.4 Å². The maximum Gasteiger partial charge on any atom is 0.136 e. The van der Waals surface area contributed by atoms with Crippen molar-refractivity contribution in [2.75, 3.05) is 19.5 Å². The van der Waals surface area contributed by atoms with Gasteiger partial charge in [0.05, 0.1) is 24.6 Å². The molecule has 0 saturated carbocycles. The molecule has 2 N–H and O–H groups in total. The highest BCUT2D eigenvalue weighted by Crippen LogP contribution is 2.49. The van der Waals surface area contributed by atoms with Crippen molar-refractivity contribution in [3.05, 3.63) is 24.3 Å². The Morgan fingerprint density at radius 1 is 1.20 bits per heavy atom. The molecule has 1 atom stereocenters. The molecule has 0 spiro atoms. The molecule has 0 aromatic carbocycles. The van der Waals surface area contributed by atoms with E-state index in [9.17, 15) is 9.79 Å². The Labute approximate surface area is 95.8 Å². The van der Waals surface area contributed by atoms with Gasteiger partial charge in [0, 0.05) is 15.2 Å². The van der Waals surface area contributed by atoms with Crippen LogP contribution >= 0.6 is 16.3 Å². The minimum atomic E-state index is -1.75. The highest BCUT2D eigenvalue weighted by molar-refractivity contribution is 7.68. The second-order valence-electron chi connectivity index (χ2n) is 4.25. The smallest absolute Gasteiger partial charge is 0.136 e. The summed E-state index contributed by atoms with van der Waals surface area (Å²) in [6.45, 7) is 7.72. The fourth-order valence-electron chi connectivity index (χ4n) is 1.41. The zero-order chi connectivity index (χ0) is 11.9. The Kier molecular flexibility index (Phi) is 6.88. The predicted molar refractivity (Wildman–Crippen MR) is 73.4 cm³/mol. The van der Waals surface area contributed by atoms with Crippen LogP contribution in [0.2, 0.25) is 0 Å². The highest BCUT2D eigenvalue weighted by Gasteiger charge is 2.30. The molecule has 0 aliphatic heterocycles. The zero-order valence-corrected chi connectivity index (χ0v) is 12.0. The Morgan fingerprint density at radius 3 is 1.93 bits per heavy atom. The van der Waals surface area contributed by atoms with Gasteiger partial charge in [-0.3, -0.25) is 4.89 Å². The van der Waals surface area contributed by atoms with Crippen LogP contribution in [0.1, 0.15) is 20.3 Å². The summed E-state index contributed by atoms with van der Waals surface area (Å²) < 4.78 is 0. The lowest BCUT2D eigenvalue weighted by Gasteiger charge is -2.25. The Balaban J connectivity index is 4.63. The Bertz CT molecular complexity index is 217. The van der Waals surface area contributed by atoms with Gasteiger partial charge in [-0.2, -0.15) is 0 Å². The first-order chi connectivity index (χ1) is 6.89. The second kappa shape index (κ2) is 6.76. The summed E-state index contributed by atoms with van der Waals surface area (Å²) in [5.74, 6) is 0. The molecular formula is C11H23O2P2+. The number of rotatable bonds is 6. The van der Waals surface area contributed by atoms with Gasteiger partial charge in [0.25, 0.3) is 0 Å². The van der Waals surface area contributed by atoms with E-state index in [0.29, 0.717) is 0 Å². The summed E-state index contributed by atoms with van der Waals surface area (Å²) in [7, 11) is -1.90.